The molecule has 0 atom stereocenters. The largest absolute Gasteiger partial charge is 0.328 e. The van der Waals surface area contributed by atoms with Gasteiger partial charge in [0.25, 0.3) is 0 Å². The molecule has 0 unspecified atom stereocenters. The summed E-state index contributed by atoms with van der Waals surface area (Å²) >= 11 is 0. The number of unbranched alkanes of at least 4 members (excludes halogenated alkanes) is 1. The van der Waals surface area contributed by atoms with Crippen molar-refractivity contribution in [2.75, 3.05) is 0 Å². The van der Waals surface area contributed by atoms with Gasteiger partial charge >= 0.3 is 0 Å². The summed E-state index contributed by atoms with van der Waals surface area (Å²) < 4.78 is 0. The Morgan fingerprint density at radius 2 is 1.92 bits per heavy atom. The molecule has 0 spiro atoms. The van der Waals surface area contributed by atoms with Crippen molar-refractivity contribution in [1.29, 1.82) is 0 Å². The second-order valence-corrected chi connectivity index (χ2v) is 4.30. The smallest absolute Gasteiger partial charge is 0.0155 e. The number of hydrogen-bond acceptors (Lipinski definition) is 2. The topological polar surface area (TPSA) is 52.0 Å². The molecule has 0 bridgehead atoms. The van der Waals surface area contributed by atoms with Gasteiger partial charge in [-0.1, -0.05) is 19.8 Å². The summed E-state index contributed by atoms with van der Waals surface area (Å²) in [4.78, 5) is 0. The molecule has 0 saturated heterocycles. The van der Waals surface area contributed by atoms with E-state index in [0.29, 0.717) is 6.04 Å². The van der Waals surface area contributed by atoms with Gasteiger partial charge in [0.1, 0.15) is 0 Å². The highest BCUT2D eigenvalue weighted by molar-refractivity contribution is 4.90. The van der Waals surface area contributed by atoms with Crippen molar-refractivity contribution in [3.63, 3.8) is 0 Å². The minimum atomic E-state index is 0.131. The highest BCUT2D eigenvalue weighted by atomic mass is 14.8. The van der Waals surface area contributed by atoms with Crippen molar-refractivity contribution in [2.45, 2.75) is 63.5 Å². The second kappa shape index (κ2) is 4.24. The summed E-state index contributed by atoms with van der Waals surface area (Å²) in [6, 6.07) is 0.420. The van der Waals surface area contributed by atoms with Crippen LogP contribution >= 0.6 is 0 Å². The molecular weight excluding hydrogens is 148 g/mol. The average Bonchev–Trinajstić information content (AvgIpc) is 2.08. The standard InChI is InChI=1S/C10H22N2/c1-2-3-6-10(12)7-4-9(11)5-8-10/h9H,2-8,11-12H2,1H3. The Kier molecular flexibility index (Phi) is 3.53. The molecule has 72 valence electrons. The Balaban J connectivity index is 2.29. The van der Waals surface area contributed by atoms with E-state index >= 15 is 0 Å². The number of hydrogen-bond donors (Lipinski definition) is 2. The van der Waals surface area contributed by atoms with Crippen LogP contribution < -0.4 is 11.5 Å². The van der Waals surface area contributed by atoms with E-state index in [1.54, 1.807) is 0 Å². The Morgan fingerprint density at radius 1 is 1.33 bits per heavy atom. The summed E-state index contributed by atoms with van der Waals surface area (Å²) in [6.07, 6.45) is 8.23. The molecule has 0 heterocycles. The van der Waals surface area contributed by atoms with Crippen LogP contribution in [0.25, 0.3) is 0 Å². The molecule has 1 fully saturated rings. The molecule has 1 rings (SSSR count). The van der Waals surface area contributed by atoms with Crippen molar-refractivity contribution in [1.82, 2.24) is 0 Å². The van der Waals surface area contributed by atoms with Crippen LogP contribution in [0.1, 0.15) is 51.9 Å². The van der Waals surface area contributed by atoms with Gasteiger partial charge in [0.15, 0.2) is 0 Å². The zero-order valence-corrected chi connectivity index (χ0v) is 8.18. The minimum Gasteiger partial charge on any atom is -0.328 e. The van der Waals surface area contributed by atoms with E-state index in [2.05, 4.69) is 6.92 Å². The van der Waals surface area contributed by atoms with Crippen LogP contribution in [0.5, 0.6) is 0 Å². The Bertz CT molecular complexity index is 120. The van der Waals surface area contributed by atoms with Gasteiger partial charge in [-0.2, -0.15) is 0 Å². The monoisotopic (exact) mass is 170 g/mol. The normalized spacial score (nSPS) is 36.8. The molecule has 1 aliphatic carbocycles. The summed E-state index contributed by atoms with van der Waals surface area (Å²) in [7, 11) is 0. The zero-order chi connectivity index (χ0) is 9.03. The predicted molar refractivity (Wildman–Crippen MR) is 52.9 cm³/mol. The average molecular weight is 170 g/mol. The fraction of sp³-hybridized carbons (Fsp3) is 1.00. The van der Waals surface area contributed by atoms with Crippen LogP contribution in [0, 0.1) is 0 Å². The highest BCUT2D eigenvalue weighted by Gasteiger charge is 2.29. The Morgan fingerprint density at radius 3 is 2.42 bits per heavy atom. The molecule has 0 aromatic rings. The van der Waals surface area contributed by atoms with E-state index in [9.17, 15) is 0 Å². The molecule has 0 aromatic heterocycles. The first-order chi connectivity index (χ1) is 5.66. The van der Waals surface area contributed by atoms with E-state index in [-0.39, 0.29) is 5.54 Å². The van der Waals surface area contributed by atoms with Crippen molar-refractivity contribution in [2.24, 2.45) is 11.5 Å². The lowest BCUT2D eigenvalue weighted by molar-refractivity contribution is 0.252. The van der Waals surface area contributed by atoms with E-state index in [4.69, 9.17) is 11.5 Å². The first-order valence-corrected chi connectivity index (χ1v) is 5.21. The van der Waals surface area contributed by atoms with Crippen molar-refractivity contribution in [3.8, 4) is 0 Å². The van der Waals surface area contributed by atoms with Gasteiger partial charge in [-0.15, -0.1) is 0 Å². The van der Waals surface area contributed by atoms with Gasteiger partial charge < -0.3 is 11.5 Å². The second-order valence-electron chi connectivity index (χ2n) is 4.30. The van der Waals surface area contributed by atoms with E-state index < -0.39 is 0 Å². The van der Waals surface area contributed by atoms with Crippen LogP contribution in [0.2, 0.25) is 0 Å². The van der Waals surface area contributed by atoms with Gasteiger partial charge in [-0.3, -0.25) is 0 Å². The number of rotatable bonds is 3. The lowest BCUT2D eigenvalue weighted by Crippen LogP contribution is -2.46. The SMILES string of the molecule is CCCCC1(N)CCC(N)CC1. The highest BCUT2D eigenvalue weighted by Crippen LogP contribution is 2.29. The molecule has 1 saturated carbocycles. The fourth-order valence-electron chi connectivity index (χ4n) is 1.99. The van der Waals surface area contributed by atoms with Crippen molar-refractivity contribution >= 4 is 0 Å². The molecule has 4 N–H and O–H groups in total. The lowest BCUT2D eigenvalue weighted by atomic mass is 9.77. The van der Waals surface area contributed by atoms with E-state index in [0.717, 1.165) is 25.7 Å². The fourth-order valence-corrected chi connectivity index (χ4v) is 1.99. The summed E-state index contributed by atoms with van der Waals surface area (Å²) in [5.74, 6) is 0. The van der Waals surface area contributed by atoms with Crippen LogP contribution in [0.3, 0.4) is 0 Å². The first-order valence-electron chi connectivity index (χ1n) is 5.21. The van der Waals surface area contributed by atoms with Crippen LogP contribution in [-0.4, -0.2) is 11.6 Å². The van der Waals surface area contributed by atoms with Crippen molar-refractivity contribution in [3.05, 3.63) is 0 Å². The summed E-state index contributed by atoms with van der Waals surface area (Å²) in [5, 5.41) is 0. The predicted octanol–water partition coefficient (Wildman–Crippen LogP) is 1.78. The molecule has 0 aliphatic heterocycles. The van der Waals surface area contributed by atoms with E-state index in [1.807, 2.05) is 0 Å². The molecule has 12 heavy (non-hydrogen) atoms. The molecule has 0 amide bonds. The van der Waals surface area contributed by atoms with Crippen LogP contribution in [0.15, 0.2) is 0 Å². The third kappa shape index (κ3) is 2.76. The van der Waals surface area contributed by atoms with Gasteiger partial charge in [-0.05, 0) is 32.1 Å². The van der Waals surface area contributed by atoms with Gasteiger partial charge in [0, 0.05) is 11.6 Å². The molecule has 1 aliphatic rings. The van der Waals surface area contributed by atoms with E-state index in [1.165, 1.54) is 19.3 Å². The quantitative estimate of drug-likeness (QED) is 0.678. The lowest BCUT2D eigenvalue weighted by Gasteiger charge is -2.36. The first kappa shape index (κ1) is 10.0. The zero-order valence-electron chi connectivity index (χ0n) is 8.18. The maximum atomic E-state index is 6.25. The van der Waals surface area contributed by atoms with Crippen molar-refractivity contribution < 1.29 is 0 Å². The summed E-state index contributed by atoms with van der Waals surface area (Å²) in [5.41, 5.74) is 12.2. The molecule has 2 nitrogen and oxygen atoms in total. The molecule has 2 heteroatoms. The maximum absolute atomic E-state index is 6.25. The third-order valence-corrected chi connectivity index (χ3v) is 3.05. The third-order valence-electron chi connectivity index (χ3n) is 3.05. The minimum absolute atomic E-state index is 0.131. The van der Waals surface area contributed by atoms with Gasteiger partial charge in [0.05, 0.1) is 0 Å². The molecular formula is C10H22N2. The summed E-state index contributed by atoms with van der Waals surface area (Å²) in [6.45, 7) is 2.22. The molecule has 0 radical (unpaired) electrons. The van der Waals surface area contributed by atoms with Crippen LogP contribution in [0.4, 0.5) is 0 Å². The van der Waals surface area contributed by atoms with Crippen LogP contribution in [-0.2, 0) is 0 Å². The molecule has 0 aromatic carbocycles. The Labute approximate surface area is 75.7 Å². The van der Waals surface area contributed by atoms with Gasteiger partial charge in [0.2, 0.25) is 0 Å². The maximum Gasteiger partial charge on any atom is 0.0155 e. The van der Waals surface area contributed by atoms with Gasteiger partial charge in [-0.25, -0.2) is 0 Å². The number of nitrogens with two attached hydrogens (primary N) is 2. The Hall–Kier alpha value is -0.0800.